The number of carbonyl (C=O) groups is 1. The molecule has 4 heteroatoms. The van der Waals surface area contributed by atoms with Gasteiger partial charge in [0.1, 0.15) is 5.54 Å². The lowest BCUT2D eigenvalue weighted by atomic mass is 9.86. The van der Waals surface area contributed by atoms with Crippen LogP contribution in [0.15, 0.2) is 0 Å². The van der Waals surface area contributed by atoms with Crippen LogP contribution >= 0.6 is 0 Å². The number of hydrogen-bond donors (Lipinski definition) is 1. The zero-order valence-electron chi connectivity index (χ0n) is 14.5. The van der Waals surface area contributed by atoms with Crippen molar-refractivity contribution < 1.29 is 9.53 Å². The first kappa shape index (κ1) is 16.8. The van der Waals surface area contributed by atoms with Crippen molar-refractivity contribution in [1.29, 1.82) is 0 Å². The first-order valence-electron chi connectivity index (χ1n) is 8.27. The number of nitrogens with one attached hydrogen (secondary N) is 1. The molecule has 2 aliphatic rings. The second kappa shape index (κ2) is 5.88. The van der Waals surface area contributed by atoms with E-state index in [0.717, 1.165) is 19.3 Å². The highest BCUT2D eigenvalue weighted by atomic mass is 16.5. The van der Waals surface area contributed by atoms with Gasteiger partial charge in [0.15, 0.2) is 0 Å². The number of ether oxygens (including phenoxy) is 1. The van der Waals surface area contributed by atoms with Crippen molar-refractivity contribution in [1.82, 2.24) is 10.2 Å². The van der Waals surface area contributed by atoms with E-state index in [4.69, 9.17) is 4.74 Å². The van der Waals surface area contributed by atoms with Gasteiger partial charge in [-0.05, 0) is 51.5 Å². The molecular weight excluding hydrogens is 264 g/mol. The zero-order valence-corrected chi connectivity index (χ0v) is 14.5. The number of carbonyl (C=O) groups excluding carboxylic acids is 1. The topological polar surface area (TPSA) is 41.6 Å². The molecule has 0 aromatic rings. The van der Waals surface area contributed by atoms with Crippen molar-refractivity contribution in [3.05, 3.63) is 0 Å². The van der Waals surface area contributed by atoms with Crippen LogP contribution in [0.4, 0.5) is 0 Å². The highest BCUT2D eigenvalue weighted by Gasteiger charge is 2.50. The first-order chi connectivity index (χ1) is 9.69. The molecule has 0 aliphatic heterocycles. The predicted molar refractivity (Wildman–Crippen MR) is 85.2 cm³/mol. The van der Waals surface area contributed by atoms with Gasteiger partial charge in [0, 0.05) is 18.1 Å². The Hall–Kier alpha value is -0.610. The van der Waals surface area contributed by atoms with E-state index in [2.05, 4.69) is 45.0 Å². The van der Waals surface area contributed by atoms with Crippen LogP contribution in [-0.4, -0.2) is 48.7 Å². The molecule has 2 aliphatic carbocycles. The first-order valence-corrected chi connectivity index (χ1v) is 8.27. The van der Waals surface area contributed by atoms with Gasteiger partial charge in [-0.3, -0.25) is 10.1 Å². The fraction of sp³-hybridized carbons (Fsp3) is 0.941. The van der Waals surface area contributed by atoms with E-state index in [1.807, 2.05) is 0 Å². The molecule has 0 aromatic carbocycles. The average molecular weight is 296 g/mol. The van der Waals surface area contributed by atoms with Crippen LogP contribution in [0.2, 0.25) is 0 Å². The lowest BCUT2D eigenvalue weighted by molar-refractivity contribution is -0.148. The van der Waals surface area contributed by atoms with Crippen LogP contribution in [0.5, 0.6) is 0 Å². The molecule has 3 unspecified atom stereocenters. The Balaban J connectivity index is 2.06. The molecule has 0 spiro atoms. The predicted octanol–water partition coefficient (Wildman–Crippen LogP) is 2.57. The van der Waals surface area contributed by atoms with Gasteiger partial charge < -0.3 is 9.64 Å². The minimum Gasteiger partial charge on any atom is -0.468 e. The summed E-state index contributed by atoms with van der Waals surface area (Å²) in [6, 6.07) is 1.45. The van der Waals surface area contributed by atoms with Crippen molar-refractivity contribution in [3.63, 3.8) is 0 Å². The Morgan fingerprint density at radius 1 is 1.33 bits per heavy atom. The molecule has 4 nitrogen and oxygen atoms in total. The maximum absolute atomic E-state index is 12.3. The average Bonchev–Trinajstić information content (AvgIpc) is 3.12. The van der Waals surface area contributed by atoms with Crippen LogP contribution < -0.4 is 5.32 Å². The van der Waals surface area contributed by atoms with Gasteiger partial charge >= 0.3 is 5.97 Å². The molecular formula is C17H32N2O2. The van der Waals surface area contributed by atoms with Crippen molar-refractivity contribution in [2.45, 2.75) is 83.5 Å². The summed E-state index contributed by atoms with van der Waals surface area (Å²) < 4.78 is 5.10. The van der Waals surface area contributed by atoms with Gasteiger partial charge in [-0.15, -0.1) is 0 Å². The van der Waals surface area contributed by atoms with Gasteiger partial charge in [-0.2, -0.15) is 0 Å². The fourth-order valence-electron chi connectivity index (χ4n) is 3.48. The van der Waals surface area contributed by atoms with Gasteiger partial charge in [-0.25, -0.2) is 0 Å². The molecule has 0 aromatic heterocycles. The van der Waals surface area contributed by atoms with E-state index < -0.39 is 5.54 Å². The van der Waals surface area contributed by atoms with Crippen LogP contribution in [-0.2, 0) is 9.53 Å². The highest BCUT2D eigenvalue weighted by Crippen LogP contribution is 2.39. The Kier molecular flexibility index (Phi) is 4.69. The lowest BCUT2D eigenvalue weighted by Crippen LogP contribution is -2.53. The number of hydrogen-bond acceptors (Lipinski definition) is 4. The van der Waals surface area contributed by atoms with E-state index in [1.165, 1.54) is 20.0 Å². The van der Waals surface area contributed by atoms with E-state index >= 15 is 0 Å². The summed E-state index contributed by atoms with van der Waals surface area (Å²) in [4.78, 5) is 14.8. The van der Waals surface area contributed by atoms with Crippen LogP contribution in [0.3, 0.4) is 0 Å². The summed E-state index contributed by atoms with van der Waals surface area (Å²) in [6.07, 6.45) is 5.20. The lowest BCUT2D eigenvalue weighted by Gasteiger charge is -2.39. The van der Waals surface area contributed by atoms with Gasteiger partial charge in [-0.1, -0.05) is 20.8 Å². The van der Waals surface area contributed by atoms with E-state index in [1.54, 1.807) is 0 Å². The highest BCUT2D eigenvalue weighted by molar-refractivity contribution is 5.81. The third kappa shape index (κ3) is 3.59. The Morgan fingerprint density at radius 3 is 2.43 bits per heavy atom. The van der Waals surface area contributed by atoms with Crippen molar-refractivity contribution in [3.8, 4) is 0 Å². The van der Waals surface area contributed by atoms with Crippen LogP contribution in [0.1, 0.15) is 59.8 Å². The van der Waals surface area contributed by atoms with Crippen LogP contribution in [0, 0.1) is 5.41 Å². The Bertz CT molecular complexity index is 387. The van der Waals surface area contributed by atoms with Crippen molar-refractivity contribution in [2.75, 3.05) is 14.2 Å². The molecule has 0 saturated heterocycles. The summed E-state index contributed by atoms with van der Waals surface area (Å²) in [5.74, 6) is -0.0753. The number of rotatable bonds is 5. The standard InChI is InChI=1S/C17H32N2O2/c1-12(16(2,3)4)19(5)14-9-10-17(11-14,15(20)21-6)18-13-7-8-13/h12-14,18H,7-11H2,1-6H3. The molecule has 122 valence electrons. The summed E-state index contributed by atoms with van der Waals surface area (Å²) in [5, 5.41) is 3.58. The molecule has 3 atom stereocenters. The van der Waals surface area contributed by atoms with Gasteiger partial charge in [0.2, 0.25) is 0 Å². The van der Waals surface area contributed by atoms with E-state index in [-0.39, 0.29) is 11.4 Å². The molecule has 2 fully saturated rings. The third-order valence-corrected chi connectivity index (χ3v) is 5.56. The van der Waals surface area contributed by atoms with E-state index in [9.17, 15) is 4.79 Å². The summed E-state index contributed by atoms with van der Waals surface area (Å²) >= 11 is 0. The van der Waals surface area contributed by atoms with Crippen LogP contribution in [0.25, 0.3) is 0 Å². The molecule has 2 saturated carbocycles. The van der Waals surface area contributed by atoms with Gasteiger partial charge in [0.05, 0.1) is 7.11 Å². The molecule has 2 rings (SSSR count). The number of nitrogens with zero attached hydrogens (tertiary/aromatic N) is 1. The minimum absolute atomic E-state index is 0.0753. The monoisotopic (exact) mass is 296 g/mol. The SMILES string of the molecule is COC(=O)C1(NC2CC2)CCC(N(C)C(C)C(C)(C)C)C1. The quantitative estimate of drug-likeness (QED) is 0.792. The normalized spacial score (nSPS) is 31.5. The zero-order chi connectivity index (χ0) is 15.8. The fourth-order valence-corrected chi connectivity index (χ4v) is 3.48. The number of esters is 1. The summed E-state index contributed by atoms with van der Waals surface area (Å²) in [7, 11) is 3.71. The van der Waals surface area contributed by atoms with Crippen molar-refractivity contribution >= 4 is 5.97 Å². The minimum atomic E-state index is -0.452. The largest absolute Gasteiger partial charge is 0.468 e. The van der Waals surface area contributed by atoms with Gasteiger partial charge in [0.25, 0.3) is 0 Å². The second-order valence-electron chi connectivity index (χ2n) is 8.10. The molecule has 21 heavy (non-hydrogen) atoms. The Morgan fingerprint density at radius 2 is 1.95 bits per heavy atom. The summed E-state index contributed by atoms with van der Waals surface area (Å²) in [6.45, 7) is 9.11. The second-order valence-corrected chi connectivity index (χ2v) is 8.10. The van der Waals surface area contributed by atoms with E-state index in [0.29, 0.717) is 18.1 Å². The molecule has 0 heterocycles. The van der Waals surface area contributed by atoms with Crippen molar-refractivity contribution in [2.24, 2.45) is 5.41 Å². The Labute approximate surface area is 129 Å². The summed E-state index contributed by atoms with van der Waals surface area (Å²) in [5.41, 5.74) is -0.207. The maximum Gasteiger partial charge on any atom is 0.326 e. The maximum atomic E-state index is 12.3. The molecule has 1 N–H and O–H groups in total. The third-order valence-electron chi connectivity index (χ3n) is 5.56. The molecule has 0 bridgehead atoms. The number of methoxy groups -OCH3 is 1. The smallest absolute Gasteiger partial charge is 0.326 e. The molecule has 0 amide bonds. The molecule has 0 radical (unpaired) electrons.